The van der Waals surface area contributed by atoms with E-state index in [1.54, 1.807) is 55.3 Å². The standard InChI is InChI=1S/C29H37N7O5/c1-34(2)27(39)23-14-9-20(18-30-23)26(38)33-29(31-21-10-12-22(41-3)13-11-21)32-24-8-4-5-17-36(28(24)40)19-25(37)35-15-6-7-16-35/h9-14,18,24H,4-8,15-17,19H2,1-3H3,(H2,31,32,33,38). The maximum Gasteiger partial charge on any atom is 0.271 e. The van der Waals surface area contributed by atoms with Gasteiger partial charge < -0.3 is 24.8 Å². The summed E-state index contributed by atoms with van der Waals surface area (Å²) in [6.45, 7) is 1.97. The minimum Gasteiger partial charge on any atom is -0.497 e. The van der Waals surface area contributed by atoms with Gasteiger partial charge in [0.05, 0.1) is 19.2 Å². The van der Waals surface area contributed by atoms with E-state index in [0.29, 0.717) is 24.4 Å². The first-order valence-corrected chi connectivity index (χ1v) is 13.8. The molecule has 1 aromatic heterocycles. The molecule has 2 N–H and O–H groups in total. The van der Waals surface area contributed by atoms with Crippen LogP contribution in [-0.2, 0) is 9.59 Å². The van der Waals surface area contributed by atoms with Gasteiger partial charge in [-0.2, -0.15) is 0 Å². The van der Waals surface area contributed by atoms with Crippen molar-refractivity contribution in [3.8, 4) is 5.75 Å². The second-order valence-electron chi connectivity index (χ2n) is 10.3. The van der Waals surface area contributed by atoms with Gasteiger partial charge in [0.25, 0.3) is 11.8 Å². The van der Waals surface area contributed by atoms with E-state index in [-0.39, 0.29) is 41.5 Å². The predicted octanol–water partition coefficient (Wildman–Crippen LogP) is 1.99. The SMILES string of the molecule is COc1ccc(NC(=NC2CCCCN(CC(=O)N3CCCC3)C2=O)NC(=O)c2ccc(C(=O)N(C)C)nc2)cc1. The number of aromatic nitrogens is 1. The number of benzene rings is 1. The first kappa shape index (κ1) is 29.5. The zero-order valence-corrected chi connectivity index (χ0v) is 23.8. The molecule has 4 rings (SSSR count). The molecule has 0 spiro atoms. The smallest absolute Gasteiger partial charge is 0.271 e. The van der Waals surface area contributed by atoms with Gasteiger partial charge in [0.1, 0.15) is 17.5 Å². The average molecular weight is 564 g/mol. The predicted molar refractivity (Wildman–Crippen MR) is 154 cm³/mol. The number of hydrogen-bond donors (Lipinski definition) is 2. The second kappa shape index (κ2) is 13.7. The van der Waals surface area contributed by atoms with Crippen LogP contribution in [0.2, 0.25) is 0 Å². The van der Waals surface area contributed by atoms with E-state index in [2.05, 4.69) is 20.6 Å². The highest BCUT2D eigenvalue weighted by Crippen LogP contribution is 2.18. The number of rotatable bonds is 7. The van der Waals surface area contributed by atoms with Crippen LogP contribution in [-0.4, -0.2) is 103 Å². The van der Waals surface area contributed by atoms with Gasteiger partial charge in [0, 0.05) is 45.6 Å². The Kier molecular flexibility index (Phi) is 9.88. The monoisotopic (exact) mass is 563 g/mol. The number of likely N-dealkylation sites (tertiary alicyclic amines) is 2. The molecule has 3 heterocycles. The molecule has 2 fully saturated rings. The number of nitrogens with zero attached hydrogens (tertiary/aromatic N) is 5. The number of carbonyl (C=O) groups excluding carboxylic acids is 4. The number of guanidine groups is 1. The largest absolute Gasteiger partial charge is 0.497 e. The summed E-state index contributed by atoms with van der Waals surface area (Å²) in [5.41, 5.74) is 1.05. The number of anilines is 1. The molecule has 41 heavy (non-hydrogen) atoms. The summed E-state index contributed by atoms with van der Waals surface area (Å²) in [6, 6.07) is 9.26. The average Bonchev–Trinajstić information content (AvgIpc) is 3.47. The zero-order valence-electron chi connectivity index (χ0n) is 23.8. The summed E-state index contributed by atoms with van der Waals surface area (Å²) in [4.78, 5) is 65.2. The quantitative estimate of drug-likeness (QED) is 0.388. The number of nitrogens with one attached hydrogen (secondary N) is 2. The van der Waals surface area contributed by atoms with Crippen molar-refractivity contribution in [2.75, 3.05) is 52.7 Å². The summed E-state index contributed by atoms with van der Waals surface area (Å²) >= 11 is 0. The van der Waals surface area contributed by atoms with Crippen molar-refractivity contribution in [2.45, 2.75) is 38.1 Å². The van der Waals surface area contributed by atoms with Crippen LogP contribution in [0.15, 0.2) is 47.6 Å². The van der Waals surface area contributed by atoms with Crippen LogP contribution in [0.25, 0.3) is 0 Å². The minimum absolute atomic E-state index is 0.0299. The van der Waals surface area contributed by atoms with Gasteiger partial charge in [0.15, 0.2) is 0 Å². The molecule has 0 saturated carbocycles. The lowest BCUT2D eigenvalue weighted by Gasteiger charge is -2.25. The third-order valence-corrected chi connectivity index (χ3v) is 7.06. The van der Waals surface area contributed by atoms with Crippen LogP contribution >= 0.6 is 0 Å². The topological polar surface area (TPSA) is 137 Å². The van der Waals surface area contributed by atoms with Crippen LogP contribution < -0.4 is 15.4 Å². The highest BCUT2D eigenvalue weighted by molar-refractivity contribution is 6.10. The van der Waals surface area contributed by atoms with E-state index in [0.717, 1.165) is 38.8 Å². The maximum absolute atomic E-state index is 13.5. The third kappa shape index (κ3) is 7.80. The van der Waals surface area contributed by atoms with Crippen molar-refractivity contribution in [3.05, 3.63) is 53.9 Å². The second-order valence-corrected chi connectivity index (χ2v) is 10.3. The first-order chi connectivity index (χ1) is 19.7. The summed E-state index contributed by atoms with van der Waals surface area (Å²) in [6.07, 6.45) is 5.29. The number of amides is 4. The molecule has 2 saturated heterocycles. The van der Waals surface area contributed by atoms with Crippen molar-refractivity contribution in [1.29, 1.82) is 0 Å². The molecule has 0 radical (unpaired) electrons. The molecule has 0 bridgehead atoms. The number of aliphatic imine (C=N–C) groups is 1. The van der Waals surface area contributed by atoms with E-state index in [1.807, 2.05) is 0 Å². The number of ether oxygens (including phenoxy) is 1. The molecule has 12 heteroatoms. The van der Waals surface area contributed by atoms with E-state index >= 15 is 0 Å². The first-order valence-electron chi connectivity index (χ1n) is 13.8. The van der Waals surface area contributed by atoms with Gasteiger partial charge in [0.2, 0.25) is 17.8 Å². The van der Waals surface area contributed by atoms with Gasteiger partial charge >= 0.3 is 0 Å². The molecule has 1 unspecified atom stereocenters. The summed E-state index contributed by atoms with van der Waals surface area (Å²) in [5.74, 6) is -0.336. The molecular formula is C29H37N7O5. The number of methoxy groups -OCH3 is 1. The van der Waals surface area contributed by atoms with Crippen LogP contribution in [0.1, 0.15) is 53.0 Å². The molecule has 12 nitrogen and oxygen atoms in total. The fraction of sp³-hybridized carbons (Fsp3) is 0.448. The van der Waals surface area contributed by atoms with Crippen LogP contribution in [0.5, 0.6) is 5.75 Å². The number of hydrogen-bond acceptors (Lipinski definition) is 7. The Labute approximate surface area is 239 Å². The maximum atomic E-state index is 13.5. The molecule has 2 aliphatic rings. The van der Waals surface area contributed by atoms with E-state index < -0.39 is 11.9 Å². The number of pyridine rings is 1. The normalized spacial score (nSPS) is 17.6. The Morgan fingerprint density at radius 1 is 1.02 bits per heavy atom. The van der Waals surface area contributed by atoms with Gasteiger partial charge in [-0.05, 0) is 68.5 Å². The molecule has 1 aromatic carbocycles. The van der Waals surface area contributed by atoms with Crippen molar-refractivity contribution in [1.82, 2.24) is 25.0 Å². The van der Waals surface area contributed by atoms with E-state index in [4.69, 9.17) is 4.74 Å². The Morgan fingerprint density at radius 3 is 2.37 bits per heavy atom. The van der Waals surface area contributed by atoms with E-state index in [1.165, 1.54) is 23.2 Å². The fourth-order valence-corrected chi connectivity index (χ4v) is 4.72. The Bertz CT molecular complexity index is 1270. The van der Waals surface area contributed by atoms with Gasteiger partial charge in [-0.25, -0.2) is 4.99 Å². The minimum atomic E-state index is -0.775. The van der Waals surface area contributed by atoms with Crippen molar-refractivity contribution >= 4 is 35.3 Å². The summed E-state index contributed by atoms with van der Waals surface area (Å²) in [7, 11) is 4.81. The number of carbonyl (C=O) groups is 4. The zero-order chi connectivity index (χ0) is 29.4. The lowest BCUT2D eigenvalue weighted by atomic mass is 10.1. The van der Waals surface area contributed by atoms with E-state index in [9.17, 15) is 19.2 Å². The highest BCUT2D eigenvalue weighted by Gasteiger charge is 2.30. The fourth-order valence-electron chi connectivity index (χ4n) is 4.72. The Morgan fingerprint density at radius 2 is 1.73 bits per heavy atom. The highest BCUT2D eigenvalue weighted by atomic mass is 16.5. The molecule has 218 valence electrons. The van der Waals surface area contributed by atoms with Crippen LogP contribution in [0.4, 0.5) is 5.69 Å². The molecule has 4 amide bonds. The molecule has 2 aliphatic heterocycles. The Hall–Kier alpha value is -4.48. The van der Waals surface area contributed by atoms with Crippen molar-refractivity contribution in [2.24, 2.45) is 4.99 Å². The van der Waals surface area contributed by atoms with Crippen LogP contribution in [0, 0.1) is 0 Å². The molecular weight excluding hydrogens is 526 g/mol. The van der Waals surface area contributed by atoms with Crippen LogP contribution in [0.3, 0.4) is 0 Å². The lowest BCUT2D eigenvalue weighted by molar-refractivity contribution is -0.140. The van der Waals surface area contributed by atoms with Gasteiger partial charge in [-0.15, -0.1) is 0 Å². The lowest BCUT2D eigenvalue weighted by Crippen LogP contribution is -2.45. The summed E-state index contributed by atoms with van der Waals surface area (Å²) in [5, 5.41) is 5.86. The third-order valence-electron chi connectivity index (χ3n) is 7.06. The van der Waals surface area contributed by atoms with Gasteiger partial charge in [-0.3, -0.25) is 29.5 Å². The van der Waals surface area contributed by atoms with Crippen molar-refractivity contribution in [3.63, 3.8) is 0 Å². The Balaban J connectivity index is 1.55. The summed E-state index contributed by atoms with van der Waals surface area (Å²) < 4.78 is 5.22. The molecule has 0 aliphatic carbocycles. The molecule has 2 aromatic rings. The molecule has 1 atom stereocenters. The van der Waals surface area contributed by atoms with Gasteiger partial charge in [-0.1, -0.05) is 0 Å². The van der Waals surface area contributed by atoms with Crippen molar-refractivity contribution < 1.29 is 23.9 Å².